The smallest absolute Gasteiger partial charge is 0.122 e. The molecule has 16 heavy (non-hydrogen) atoms. The highest BCUT2D eigenvalue weighted by Crippen LogP contribution is 2.26. The van der Waals surface area contributed by atoms with Gasteiger partial charge in [0.1, 0.15) is 5.75 Å². The van der Waals surface area contributed by atoms with Crippen molar-refractivity contribution in [2.24, 2.45) is 7.05 Å². The highest BCUT2D eigenvalue weighted by Gasteiger charge is 2.05. The van der Waals surface area contributed by atoms with Gasteiger partial charge in [0.25, 0.3) is 0 Å². The summed E-state index contributed by atoms with van der Waals surface area (Å²) in [5.74, 6) is 0.954. The van der Waals surface area contributed by atoms with E-state index in [1.54, 1.807) is 7.11 Å². The topological polar surface area (TPSA) is 27.1 Å². The zero-order chi connectivity index (χ0) is 11.5. The Balaban J connectivity index is 2.43. The van der Waals surface area contributed by atoms with E-state index in [1.165, 1.54) is 11.1 Å². The molecule has 0 aliphatic heterocycles. The fourth-order valence-electron chi connectivity index (χ4n) is 1.80. The second kappa shape index (κ2) is 4.39. The fraction of sp³-hybridized carbons (Fsp3) is 0.308. The van der Waals surface area contributed by atoms with Crippen LogP contribution in [0, 0.1) is 0 Å². The Kier molecular flexibility index (Phi) is 2.95. The lowest BCUT2D eigenvalue weighted by Crippen LogP contribution is -1.90. The maximum absolute atomic E-state index is 5.31. The van der Waals surface area contributed by atoms with Crippen molar-refractivity contribution in [3.63, 3.8) is 0 Å². The lowest BCUT2D eigenvalue weighted by molar-refractivity contribution is 0.410. The van der Waals surface area contributed by atoms with E-state index >= 15 is 0 Å². The number of methoxy groups -OCH3 is 1. The van der Waals surface area contributed by atoms with E-state index in [2.05, 4.69) is 24.2 Å². The van der Waals surface area contributed by atoms with E-state index in [9.17, 15) is 0 Å². The second-order valence-corrected chi connectivity index (χ2v) is 3.78. The van der Waals surface area contributed by atoms with Crippen LogP contribution in [0.5, 0.6) is 5.75 Å². The third-order valence-electron chi connectivity index (χ3n) is 2.70. The van der Waals surface area contributed by atoms with Gasteiger partial charge in [-0.15, -0.1) is 0 Å². The normalized spacial score (nSPS) is 10.4. The summed E-state index contributed by atoms with van der Waals surface area (Å²) in [6.45, 7) is 2.13. The van der Waals surface area contributed by atoms with Gasteiger partial charge in [-0.3, -0.25) is 4.68 Å². The Morgan fingerprint density at radius 3 is 2.69 bits per heavy atom. The van der Waals surface area contributed by atoms with Crippen LogP contribution in [0.15, 0.2) is 30.6 Å². The number of hydrogen-bond acceptors (Lipinski definition) is 2. The van der Waals surface area contributed by atoms with Crippen LogP contribution in [0.25, 0.3) is 11.1 Å². The van der Waals surface area contributed by atoms with Crippen molar-refractivity contribution in [3.05, 3.63) is 36.2 Å². The Morgan fingerprint density at radius 2 is 2.12 bits per heavy atom. The molecule has 0 aliphatic rings. The first kappa shape index (κ1) is 10.7. The molecule has 1 aromatic heterocycles. The minimum Gasteiger partial charge on any atom is -0.496 e. The standard InChI is InChI=1S/C13H16N2O/c1-4-10-7-11(5-6-13(10)16-3)12-8-14-15(2)9-12/h5-9H,4H2,1-3H3. The Labute approximate surface area is 95.7 Å². The van der Waals surface area contributed by atoms with E-state index in [0.717, 1.165) is 17.7 Å². The van der Waals surface area contributed by atoms with Gasteiger partial charge in [-0.2, -0.15) is 5.10 Å². The van der Waals surface area contributed by atoms with Crippen molar-refractivity contribution in [3.8, 4) is 16.9 Å². The van der Waals surface area contributed by atoms with Crippen molar-refractivity contribution in [1.29, 1.82) is 0 Å². The molecule has 84 valence electrons. The molecule has 0 bridgehead atoms. The first-order valence-electron chi connectivity index (χ1n) is 5.40. The summed E-state index contributed by atoms with van der Waals surface area (Å²) >= 11 is 0. The van der Waals surface area contributed by atoms with E-state index in [0.29, 0.717) is 0 Å². The summed E-state index contributed by atoms with van der Waals surface area (Å²) in [4.78, 5) is 0. The molecule has 0 fully saturated rings. The number of aryl methyl sites for hydroxylation is 2. The monoisotopic (exact) mass is 216 g/mol. The van der Waals surface area contributed by atoms with Crippen LogP contribution in [-0.2, 0) is 13.5 Å². The van der Waals surface area contributed by atoms with Crippen molar-refractivity contribution in [2.75, 3.05) is 7.11 Å². The molecular weight excluding hydrogens is 200 g/mol. The van der Waals surface area contributed by atoms with Crippen LogP contribution in [0.3, 0.4) is 0 Å². The van der Waals surface area contributed by atoms with Crippen LogP contribution in [0.1, 0.15) is 12.5 Å². The highest BCUT2D eigenvalue weighted by molar-refractivity contribution is 5.64. The van der Waals surface area contributed by atoms with Crippen LogP contribution < -0.4 is 4.74 Å². The lowest BCUT2D eigenvalue weighted by atomic mass is 10.0. The lowest BCUT2D eigenvalue weighted by Gasteiger charge is -2.08. The molecule has 0 N–H and O–H groups in total. The van der Waals surface area contributed by atoms with Crippen molar-refractivity contribution in [2.45, 2.75) is 13.3 Å². The number of ether oxygens (including phenoxy) is 1. The second-order valence-electron chi connectivity index (χ2n) is 3.78. The average Bonchev–Trinajstić information content (AvgIpc) is 2.75. The van der Waals surface area contributed by atoms with Crippen LogP contribution in [0.2, 0.25) is 0 Å². The van der Waals surface area contributed by atoms with Gasteiger partial charge < -0.3 is 4.74 Å². The molecule has 1 heterocycles. The highest BCUT2D eigenvalue weighted by atomic mass is 16.5. The van der Waals surface area contributed by atoms with Gasteiger partial charge in [0.2, 0.25) is 0 Å². The largest absolute Gasteiger partial charge is 0.496 e. The van der Waals surface area contributed by atoms with Gasteiger partial charge in [0, 0.05) is 18.8 Å². The average molecular weight is 216 g/mol. The van der Waals surface area contributed by atoms with Crippen molar-refractivity contribution >= 4 is 0 Å². The van der Waals surface area contributed by atoms with E-state index in [-0.39, 0.29) is 0 Å². The molecule has 3 heteroatoms. The molecule has 0 atom stereocenters. The molecular formula is C13H16N2O. The molecule has 1 aromatic carbocycles. The molecule has 0 saturated carbocycles. The van der Waals surface area contributed by atoms with Crippen LogP contribution in [-0.4, -0.2) is 16.9 Å². The molecule has 0 amide bonds. The van der Waals surface area contributed by atoms with Gasteiger partial charge in [-0.05, 0) is 29.7 Å². The Morgan fingerprint density at radius 1 is 1.31 bits per heavy atom. The first-order chi connectivity index (χ1) is 7.74. The summed E-state index contributed by atoms with van der Waals surface area (Å²) in [7, 11) is 3.63. The summed E-state index contributed by atoms with van der Waals surface area (Å²) in [6, 6.07) is 6.24. The SMILES string of the molecule is CCc1cc(-c2cnn(C)c2)ccc1OC. The number of hydrogen-bond donors (Lipinski definition) is 0. The number of nitrogens with zero attached hydrogens (tertiary/aromatic N) is 2. The Bertz CT molecular complexity index is 488. The molecule has 0 spiro atoms. The number of rotatable bonds is 3. The molecule has 0 aliphatic carbocycles. The maximum atomic E-state index is 5.31. The molecule has 0 radical (unpaired) electrons. The Hall–Kier alpha value is -1.77. The van der Waals surface area contributed by atoms with Crippen molar-refractivity contribution in [1.82, 2.24) is 9.78 Å². The fourth-order valence-corrected chi connectivity index (χ4v) is 1.80. The quantitative estimate of drug-likeness (QED) is 0.788. The van der Waals surface area contributed by atoms with Gasteiger partial charge in [0.05, 0.1) is 13.3 Å². The van der Waals surface area contributed by atoms with Crippen LogP contribution >= 0.6 is 0 Å². The summed E-state index contributed by atoms with van der Waals surface area (Å²) < 4.78 is 7.12. The number of benzene rings is 1. The minimum absolute atomic E-state index is 0.954. The predicted octanol–water partition coefficient (Wildman–Crippen LogP) is 2.66. The molecule has 2 rings (SSSR count). The molecule has 2 aromatic rings. The van der Waals surface area contributed by atoms with Crippen LogP contribution in [0.4, 0.5) is 0 Å². The number of aromatic nitrogens is 2. The van der Waals surface area contributed by atoms with E-state index in [1.807, 2.05) is 30.2 Å². The summed E-state index contributed by atoms with van der Waals surface area (Å²) in [5, 5.41) is 4.18. The van der Waals surface area contributed by atoms with Crippen molar-refractivity contribution < 1.29 is 4.74 Å². The summed E-state index contributed by atoms with van der Waals surface area (Å²) in [6.07, 6.45) is 4.86. The van der Waals surface area contributed by atoms with Gasteiger partial charge in [-0.1, -0.05) is 13.0 Å². The third kappa shape index (κ3) is 1.94. The van der Waals surface area contributed by atoms with Gasteiger partial charge >= 0.3 is 0 Å². The molecule has 0 saturated heterocycles. The minimum atomic E-state index is 0.954. The summed E-state index contributed by atoms with van der Waals surface area (Å²) in [5.41, 5.74) is 3.55. The molecule has 0 unspecified atom stereocenters. The van der Waals surface area contributed by atoms with Gasteiger partial charge in [0.15, 0.2) is 0 Å². The first-order valence-corrected chi connectivity index (χ1v) is 5.40. The molecule has 3 nitrogen and oxygen atoms in total. The van der Waals surface area contributed by atoms with E-state index < -0.39 is 0 Å². The maximum Gasteiger partial charge on any atom is 0.122 e. The zero-order valence-electron chi connectivity index (χ0n) is 9.90. The van der Waals surface area contributed by atoms with E-state index in [4.69, 9.17) is 4.74 Å². The third-order valence-corrected chi connectivity index (χ3v) is 2.70. The predicted molar refractivity (Wildman–Crippen MR) is 64.6 cm³/mol. The van der Waals surface area contributed by atoms with Gasteiger partial charge in [-0.25, -0.2) is 0 Å². The zero-order valence-corrected chi connectivity index (χ0v) is 9.90.